The largest absolute Gasteiger partial charge is 0.378 e. The number of nitrogens with two attached hydrogens (primary N) is 1. The molecule has 3 N–H and O–H groups in total. The molecule has 2 fully saturated rings. The summed E-state index contributed by atoms with van der Waals surface area (Å²) in [4.78, 5) is 32.4. The molecule has 7 nitrogen and oxygen atoms in total. The third-order valence-corrected chi connectivity index (χ3v) is 4.89. The van der Waals surface area contributed by atoms with Gasteiger partial charge in [0.05, 0.1) is 12.1 Å². The monoisotopic (exact) mass is 332 g/mol. The molecule has 0 saturated carbocycles. The average Bonchev–Trinajstić information content (AvgIpc) is 2.62. The van der Waals surface area contributed by atoms with Crippen LogP contribution >= 0.6 is 0 Å². The van der Waals surface area contributed by atoms with Crippen LogP contribution in [0.15, 0.2) is 18.3 Å². The molecule has 1 aromatic rings. The SMILES string of the molecule is NC(=O)[C@@]1(O)CCCN(c2ncccc2C(=O)N2CCCCC2)C1. The van der Waals surface area contributed by atoms with Crippen molar-refractivity contribution in [2.45, 2.75) is 37.7 Å². The number of pyridine rings is 1. The Morgan fingerprint density at radius 1 is 1.17 bits per heavy atom. The molecule has 0 spiro atoms. The first-order chi connectivity index (χ1) is 11.5. The first kappa shape index (κ1) is 16.7. The second kappa shape index (κ2) is 6.76. The number of hydrogen-bond acceptors (Lipinski definition) is 5. The van der Waals surface area contributed by atoms with Gasteiger partial charge in [0.2, 0.25) is 0 Å². The zero-order chi connectivity index (χ0) is 17.2. The van der Waals surface area contributed by atoms with Crippen LogP contribution in [0.3, 0.4) is 0 Å². The quantitative estimate of drug-likeness (QED) is 0.841. The van der Waals surface area contributed by atoms with E-state index in [0.717, 1.165) is 32.4 Å². The van der Waals surface area contributed by atoms with Crippen molar-refractivity contribution in [3.63, 3.8) is 0 Å². The van der Waals surface area contributed by atoms with E-state index in [1.165, 1.54) is 0 Å². The first-order valence-corrected chi connectivity index (χ1v) is 8.53. The number of carbonyl (C=O) groups excluding carboxylic acids is 2. The highest BCUT2D eigenvalue weighted by molar-refractivity contribution is 5.99. The van der Waals surface area contributed by atoms with Crippen molar-refractivity contribution >= 4 is 17.6 Å². The Hall–Kier alpha value is -2.15. The lowest BCUT2D eigenvalue weighted by atomic mass is 9.92. The summed E-state index contributed by atoms with van der Waals surface area (Å²) in [6, 6.07) is 3.50. The zero-order valence-corrected chi connectivity index (χ0v) is 13.8. The number of β-amino-alcohol motifs (C(OH)–C–C–N with tert-alkyl or cyclic N) is 1. The van der Waals surface area contributed by atoms with E-state index in [9.17, 15) is 14.7 Å². The van der Waals surface area contributed by atoms with E-state index in [2.05, 4.69) is 4.98 Å². The van der Waals surface area contributed by atoms with Gasteiger partial charge >= 0.3 is 0 Å². The number of anilines is 1. The minimum absolute atomic E-state index is 0.0361. The number of aliphatic hydroxyl groups is 1. The summed E-state index contributed by atoms with van der Waals surface area (Å²) in [6.07, 6.45) is 5.77. The van der Waals surface area contributed by atoms with Gasteiger partial charge in [-0.25, -0.2) is 4.98 Å². The second-order valence-electron chi connectivity index (χ2n) is 6.65. The summed E-state index contributed by atoms with van der Waals surface area (Å²) in [7, 11) is 0. The molecule has 2 amide bonds. The maximum atomic E-state index is 12.9. The summed E-state index contributed by atoms with van der Waals surface area (Å²) in [5.74, 6) is -0.245. The fraction of sp³-hybridized carbons (Fsp3) is 0.588. The molecule has 1 atom stereocenters. The standard InChI is InChI=1S/C17H24N4O3/c18-16(23)17(24)7-5-11-21(12-17)14-13(6-4-8-19-14)15(22)20-9-2-1-3-10-20/h4,6,8,24H,1-3,5,7,9-12H2,(H2,18,23)/t17-/m1/s1. The predicted molar refractivity (Wildman–Crippen MR) is 89.6 cm³/mol. The number of rotatable bonds is 3. The maximum absolute atomic E-state index is 12.9. The van der Waals surface area contributed by atoms with Crippen molar-refractivity contribution in [2.75, 3.05) is 31.1 Å². The van der Waals surface area contributed by atoms with E-state index in [4.69, 9.17) is 5.73 Å². The Morgan fingerprint density at radius 2 is 1.92 bits per heavy atom. The lowest BCUT2D eigenvalue weighted by molar-refractivity contribution is -0.137. The van der Waals surface area contributed by atoms with Gasteiger partial charge in [-0.05, 0) is 44.2 Å². The molecule has 0 unspecified atom stereocenters. The molecule has 0 bridgehead atoms. The van der Waals surface area contributed by atoms with Crippen molar-refractivity contribution in [3.8, 4) is 0 Å². The summed E-state index contributed by atoms with van der Waals surface area (Å²) in [6.45, 7) is 2.23. The molecule has 1 aromatic heterocycles. The Bertz CT molecular complexity index is 630. The molecule has 0 radical (unpaired) electrons. The lowest BCUT2D eigenvalue weighted by Crippen LogP contribution is -2.56. The number of amides is 2. The Labute approximate surface area is 141 Å². The van der Waals surface area contributed by atoms with Crippen LogP contribution in [0.5, 0.6) is 0 Å². The van der Waals surface area contributed by atoms with Gasteiger partial charge in [-0.1, -0.05) is 0 Å². The Kier molecular flexibility index (Phi) is 4.71. The topological polar surface area (TPSA) is 99.8 Å². The molecule has 7 heteroatoms. The van der Waals surface area contributed by atoms with Gasteiger partial charge in [0.25, 0.3) is 11.8 Å². The number of piperidine rings is 2. The number of aromatic nitrogens is 1. The van der Waals surface area contributed by atoms with E-state index in [-0.39, 0.29) is 12.5 Å². The van der Waals surface area contributed by atoms with E-state index in [1.54, 1.807) is 23.2 Å². The molecule has 2 aliphatic rings. The van der Waals surface area contributed by atoms with Crippen molar-refractivity contribution in [3.05, 3.63) is 23.9 Å². The fourth-order valence-corrected chi connectivity index (χ4v) is 3.50. The minimum Gasteiger partial charge on any atom is -0.378 e. The van der Waals surface area contributed by atoms with Gasteiger partial charge in [0.15, 0.2) is 5.60 Å². The second-order valence-corrected chi connectivity index (χ2v) is 6.65. The number of likely N-dealkylation sites (tertiary alicyclic amines) is 1. The first-order valence-electron chi connectivity index (χ1n) is 8.53. The van der Waals surface area contributed by atoms with Crippen molar-refractivity contribution in [1.29, 1.82) is 0 Å². The van der Waals surface area contributed by atoms with Crippen molar-refractivity contribution < 1.29 is 14.7 Å². The lowest BCUT2D eigenvalue weighted by Gasteiger charge is -2.38. The molecule has 2 saturated heterocycles. The van der Waals surface area contributed by atoms with Crippen LogP contribution in [0, 0.1) is 0 Å². The highest BCUT2D eigenvalue weighted by Gasteiger charge is 2.40. The number of carbonyl (C=O) groups is 2. The van der Waals surface area contributed by atoms with Gasteiger partial charge in [-0.3, -0.25) is 9.59 Å². The van der Waals surface area contributed by atoms with Crippen LogP contribution in [0.2, 0.25) is 0 Å². The maximum Gasteiger partial charge on any atom is 0.257 e. The van der Waals surface area contributed by atoms with Gasteiger partial charge in [0.1, 0.15) is 5.82 Å². The summed E-state index contributed by atoms with van der Waals surface area (Å²) < 4.78 is 0. The summed E-state index contributed by atoms with van der Waals surface area (Å²) >= 11 is 0. The number of nitrogens with zero attached hydrogens (tertiary/aromatic N) is 3. The number of primary amides is 1. The molecule has 0 aromatic carbocycles. The summed E-state index contributed by atoms with van der Waals surface area (Å²) in [5, 5.41) is 10.4. The smallest absolute Gasteiger partial charge is 0.257 e. The molecule has 3 rings (SSSR count). The Morgan fingerprint density at radius 3 is 2.62 bits per heavy atom. The third-order valence-electron chi connectivity index (χ3n) is 4.89. The van der Waals surface area contributed by atoms with Crippen LogP contribution in [-0.4, -0.2) is 58.6 Å². The fourth-order valence-electron chi connectivity index (χ4n) is 3.50. The zero-order valence-electron chi connectivity index (χ0n) is 13.8. The predicted octanol–water partition coefficient (Wildman–Crippen LogP) is 0.524. The highest BCUT2D eigenvalue weighted by Crippen LogP contribution is 2.28. The van der Waals surface area contributed by atoms with Crippen LogP contribution in [0.4, 0.5) is 5.82 Å². The Balaban J connectivity index is 1.86. The van der Waals surface area contributed by atoms with Crippen LogP contribution < -0.4 is 10.6 Å². The van der Waals surface area contributed by atoms with Crippen LogP contribution in [0.1, 0.15) is 42.5 Å². The van der Waals surface area contributed by atoms with Gasteiger partial charge < -0.3 is 20.6 Å². The van der Waals surface area contributed by atoms with E-state index in [0.29, 0.717) is 30.8 Å². The third kappa shape index (κ3) is 3.21. The summed E-state index contributed by atoms with van der Waals surface area (Å²) in [5.41, 5.74) is 4.30. The average molecular weight is 332 g/mol. The van der Waals surface area contributed by atoms with E-state index < -0.39 is 11.5 Å². The molecule has 3 heterocycles. The molecular weight excluding hydrogens is 308 g/mol. The van der Waals surface area contributed by atoms with E-state index in [1.807, 2.05) is 4.90 Å². The van der Waals surface area contributed by atoms with Gasteiger partial charge in [0, 0.05) is 25.8 Å². The molecule has 24 heavy (non-hydrogen) atoms. The molecule has 2 aliphatic heterocycles. The number of hydrogen-bond donors (Lipinski definition) is 2. The van der Waals surface area contributed by atoms with Crippen molar-refractivity contribution in [2.24, 2.45) is 5.73 Å². The van der Waals surface area contributed by atoms with Gasteiger partial charge in [-0.15, -0.1) is 0 Å². The van der Waals surface area contributed by atoms with Crippen molar-refractivity contribution in [1.82, 2.24) is 9.88 Å². The minimum atomic E-state index is -1.57. The van der Waals surface area contributed by atoms with Crippen LogP contribution in [-0.2, 0) is 4.79 Å². The van der Waals surface area contributed by atoms with E-state index >= 15 is 0 Å². The van der Waals surface area contributed by atoms with Gasteiger partial charge in [-0.2, -0.15) is 0 Å². The highest BCUT2D eigenvalue weighted by atomic mass is 16.3. The van der Waals surface area contributed by atoms with Crippen LogP contribution in [0.25, 0.3) is 0 Å². The molecule has 130 valence electrons. The molecule has 0 aliphatic carbocycles. The molecular formula is C17H24N4O3. The normalized spacial score (nSPS) is 24.7.